The van der Waals surface area contributed by atoms with Crippen LogP contribution in [-0.2, 0) is 4.79 Å². The number of ether oxygens (including phenoxy) is 2. The van der Waals surface area contributed by atoms with E-state index in [4.69, 9.17) is 9.47 Å². The number of nitrogens with zero attached hydrogens (tertiary/aromatic N) is 1. The van der Waals surface area contributed by atoms with E-state index in [1.54, 1.807) is 24.0 Å². The number of carbonyl (C=O) groups is 2. The molecule has 1 amide bonds. The van der Waals surface area contributed by atoms with E-state index in [0.29, 0.717) is 54.1 Å². The van der Waals surface area contributed by atoms with Crippen molar-refractivity contribution in [1.82, 2.24) is 4.90 Å². The molecule has 2 atom stereocenters. The van der Waals surface area contributed by atoms with Gasteiger partial charge < -0.3 is 19.5 Å². The van der Waals surface area contributed by atoms with Crippen LogP contribution >= 0.6 is 15.9 Å². The van der Waals surface area contributed by atoms with Crippen LogP contribution in [0.2, 0.25) is 0 Å². The Morgan fingerprint density at radius 3 is 2.78 bits per heavy atom. The van der Waals surface area contributed by atoms with Crippen molar-refractivity contribution in [2.24, 2.45) is 5.92 Å². The van der Waals surface area contributed by atoms with E-state index >= 15 is 0 Å². The molecule has 0 aromatic heterocycles. The van der Waals surface area contributed by atoms with Crippen molar-refractivity contribution in [3.8, 4) is 11.5 Å². The number of halogens is 1. The van der Waals surface area contributed by atoms with Crippen LogP contribution in [0.25, 0.3) is 0 Å². The lowest BCUT2D eigenvalue weighted by atomic mass is 9.90. The normalized spacial score (nSPS) is 23.5. The molecule has 0 aliphatic carbocycles. The first-order valence-corrected chi connectivity index (χ1v) is 8.41. The number of benzene rings is 1. The second kappa shape index (κ2) is 6.39. The van der Waals surface area contributed by atoms with Gasteiger partial charge in [0, 0.05) is 18.2 Å². The summed E-state index contributed by atoms with van der Waals surface area (Å²) in [5.74, 6) is -0.413. The van der Waals surface area contributed by atoms with Gasteiger partial charge in [-0.05, 0) is 47.8 Å². The minimum atomic E-state index is -0.849. The summed E-state index contributed by atoms with van der Waals surface area (Å²) < 4.78 is 11.7. The molecule has 3 rings (SSSR count). The molecule has 1 N–H and O–H groups in total. The quantitative estimate of drug-likeness (QED) is 0.848. The molecule has 7 heteroatoms. The van der Waals surface area contributed by atoms with Crippen LogP contribution in [0.1, 0.15) is 30.1 Å². The van der Waals surface area contributed by atoms with E-state index in [2.05, 4.69) is 15.9 Å². The molecular weight excluding hydrogens is 366 g/mol. The molecule has 2 aliphatic heterocycles. The third kappa shape index (κ3) is 3.02. The number of rotatable bonds is 2. The summed E-state index contributed by atoms with van der Waals surface area (Å²) in [6.45, 7) is 3.28. The number of hydrogen-bond acceptors (Lipinski definition) is 4. The topological polar surface area (TPSA) is 76.1 Å². The molecule has 0 spiro atoms. The van der Waals surface area contributed by atoms with Gasteiger partial charge in [-0.15, -0.1) is 0 Å². The zero-order chi connectivity index (χ0) is 16.6. The van der Waals surface area contributed by atoms with Gasteiger partial charge >= 0.3 is 5.97 Å². The lowest BCUT2D eigenvalue weighted by molar-refractivity contribution is -0.144. The molecule has 0 unspecified atom stereocenters. The number of amides is 1. The SMILES string of the molecule is C[C@@H]1[C@H](C(=O)O)CCCN1C(=O)c1cc(Br)c2c(c1)OCCO2. The van der Waals surface area contributed by atoms with E-state index < -0.39 is 11.9 Å². The van der Waals surface area contributed by atoms with E-state index in [0.717, 1.165) is 0 Å². The van der Waals surface area contributed by atoms with Gasteiger partial charge in [-0.1, -0.05) is 0 Å². The maximum absolute atomic E-state index is 12.8. The minimum Gasteiger partial charge on any atom is -0.486 e. The van der Waals surface area contributed by atoms with Crippen LogP contribution in [0.4, 0.5) is 0 Å². The Kier molecular flexibility index (Phi) is 4.48. The molecule has 0 radical (unpaired) electrons. The zero-order valence-electron chi connectivity index (χ0n) is 12.8. The third-order valence-corrected chi connectivity index (χ3v) is 5.00. The number of fused-ring (bicyclic) bond motifs is 1. The largest absolute Gasteiger partial charge is 0.486 e. The number of hydrogen-bond donors (Lipinski definition) is 1. The van der Waals surface area contributed by atoms with E-state index in [9.17, 15) is 14.7 Å². The number of carboxylic acid groups (broad SMARTS) is 1. The maximum Gasteiger partial charge on any atom is 0.308 e. The van der Waals surface area contributed by atoms with Gasteiger partial charge in [0.15, 0.2) is 11.5 Å². The Morgan fingerprint density at radius 1 is 1.30 bits per heavy atom. The molecule has 1 aromatic rings. The highest BCUT2D eigenvalue weighted by Gasteiger charge is 2.36. The van der Waals surface area contributed by atoms with Gasteiger partial charge in [-0.3, -0.25) is 9.59 Å². The monoisotopic (exact) mass is 383 g/mol. The molecule has 2 aliphatic rings. The summed E-state index contributed by atoms with van der Waals surface area (Å²) >= 11 is 3.41. The molecule has 1 fully saturated rings. The van der Waals surface area contributed by atoms with Gasteiger partial charge in [0.05, 0.1) is 10.4 Å². The van der Waals surface area contributed by atoms with Crippen LogP contribution in [0.5, 0.6) is 11.5 Å². The van der Waals surface area contributed by atoms with Crippen molar-refractivity contribution in [2.45, 2.75) is 25.8 Å². The van der Waals surface area contributed by atoms with E-state index in [1.807, 2.05) is 0 Å². The zero-order valence-corrected chi connectivity index (χ0v) is 14.3. The Hall–Kier alpha value is -1.76. The van der Waals surface area contributed by atoms with Gasteiger partial charge in [0.1, 0.15) is 13.2 Å². The first-order chi connectivity index (χ1) is 11.0. The first-order valence-electron chi connectivity index (χ1n) is 7.62. The summed E-state index contributed by atoms with van der Waals surface area (Å²) in [7, 11) is 0. The number of piperidine rings is 1. The van der Waals surface area contributed by atoms with Crippen LogP contribution in [0.15, 0.2) is 16.6 Å². The molecule has 124 valence electrons. The fourth-order valence-corrected chi connectivity index (χ4v) is 3.72. The van der Waals surface area contributed by atoms with Crippen molar-refractivity contribution in [1.29, 1.82) is 0 Å². The number of likely N-dealkylation sites (tertiary alicyclic amines) is 1. The molecule has 1 aromatic carbocycles. The first kappa shape index (κ1) is 16.1. The molecule has 1 saturated heterocycles. The van der Waals surface area contributed by atoms with Gasteiger partial charge in [0.2, 0.25) is 0 Å². The average molecular weight is 384 g/mol. The highest BCUT2D eigenvalue weighted by atomic mass is 79.9. The summed E-state index contributed by atoms with van der Waals surface area (Å²) in [5, 5.41) is 9.30. The van der Waals surface area contributed by atoms with Gasteiger partial charge in [0.25, 0.3) is 5.91 Å². The molecule has 0 saturated carbocycles. The molecule has 2 heterocycles. The summed E-state index contributed by atoms with van der Waals surface area (Å²) in [4.78, 5) is 25.8. The van der Waals surface area contributed by atoms with Crippen molar-refractivity contribution in [3.05, 3.63) is 22.2 Å². The molecule has 6 nitrogen and oxygen atoms in total. The van der Waals surface area contributed by atoms with E-state index in [-0.39, 0.29) is 11.9 Å². The van der Waals surface area contributed by atoms with Crippen molar-refractivity contribution in [3.63, 3.8) is 0 Å². The predicted molar refractivity (Wildman–Crippen MR) is 86.0 cm³/mol. The number of carbonyl (C=O) groups excluding carboxylic acids is 1. The van der Waals surface area contributed by atoms with Crippen LogP contribution in [0, 0.1) is 5.92 Å². The molecule has 23 heavy (non-hydrogen) atoms. The van der Waals surface area contributed by atoms with E-state index in [1.165, 1.54) is 0 Å². The van der Waals surface area contributed by atoms with Crippen LogP contribution in [-0.4, -0.2) is 47.7 Å². The summed E-state index contributed by atoms with van der Waals surface area (Å²) in [5.41, 5.74) is 0.471. The lowest BCUT2D eigenvalue weighted by Gasteiger charge is -2.37. The Bertz CT molecular complexity index is 648. The molecular formula is C16H18BrNO5. The second-order valence-corrected chi connectivity index (χ2v) is 6.66. The standard InChI is InChI=1S/C16H18BrNO5/c1-9-11(16(20)21)3-2-4-18(9)15(19)10-7-12(17)14-13(8-10)22-5-6-23-14/h7-9,11H,2-6H2,1H3,(H,20,21)/t9-,11-/m1/s1. The highest BCUT2D eigenvalue weighted by molar-refractivity contribution is 9.10. The Labute approximate surface area is 142 Å². The number of carboxylic acids is 1. The maximum atomic E-state index is 12.8. The van der Waals surface area contributed by atoms with Crippen LogP contribution < -0.4 is 9.47 Å². The number of aliphatic carboxylic acids is 1. The van der Waals surface area contributed by atoms with Gasteiger partial charge in [-0.2, -0.15) is 0 Å². The van der Waals surface area contributed by atoms with Crippen molar-refractivity contribution < 1.29 is 24.2 Å². The average Bonchev–Trinajstić information content (AvgIpc) is 2.54. The predicted octanol–water partition coefficient (Wildman–Crippen LogP) is 2.55. The lowest BCUT2D eigenvalue weighted by Crippen LogP contribution is -2.49. The second-order valence-electron chi connectivity index (χ2n) is 5.81. The fraction of sp³-hybridized carbons (Fsp3) is 0.500. The Morgan fingerprint density at radius 2 is 2.04 bits per heavy atom. The summed E-state index contributed by atoms with van der Waals surface area (Å²) in [6.07, 6.45) is 1.30. The molecule has 0 bridgehead atoms. The van der Waals surface area contributed by atoms with Crippen molar-refractivity contribution in [2.75, 3.05) is 19.8 Å². The third-order valence-electron chi connectivity index (χ3n) is 4.41. The highest BCUT2D eigenvalue weighted by Crippen LogP contribution is 2.39. The summed E-state index contributed by atoms with van der Waals surface area (Å²) in [6, 6.07) is 3.03. The fourth-order valence-electron chi connectivity index (χ4n) is 3.16. The minimum absolute atomic E-state index is 0.180. The smallest absolute Gasteiger partial charge is 0.308 e. The Balaban J connectivity index is 1.88. The van der Waals surface area contributed by atoms with Crippen molar-refractivity contribution >= 4 is 27.8 Å². The van der Waals surface area contributed by atoms with Gasteiger partial charge in [-0.25, -0.2) is 0 Å². The van der Waals surface area contributed by atoms with Crippen LogP contribution in [0.3, 0.4) is 0 Å².